The third-order valence-corrected chi connectivity index (χ3v) is 3.59. The molecule has 0 atom stereocenters. The van der Waals surface area contributed by atoms with E-state index in [1.165, 1.54) is 25.7 Å². The minimum Gasteiger partial charge on any atom is -0.478 e. The zero-order valence-electron chi connectivity index (χ0n) is 11.0. The molecule has 2 rings (SSSR count). The molecule has 1 aromatic heterocycles. The fraction of sp³-hybridized carbons (Fsp3) is 0.571. The lowest BCUT2D eigenvalue weighted by atomic mass is 10.1. The monoisotopic (exact) mass is 248 g/mol. The quantitative estimate of drug-likeness (QED) is 0.890. The standard InChI is InChI=1S/C14H20N2O2/c1-3-16(12-6-4-5-7-12)13-9-11(14(17)18)8-10(2)15-13/h8-9,12H,3-7H2,1-2H3,(H,17,18). The number of aromatic nitrogens is 1. The molecule has 0 saturated heterocycles. The van der Waals surface area contributed by atoms with Crippen LogP contribution in [0.3, 0.4) is 0 Å². The Hall–Kier alpha value is -1.58. The van der Waals surface area contributed by atoms with Crippen LogP contribution in [0.25, 0.3) is 0 Å². The molecule has 1 saturated carbocycles. The molecule has 98 valence electrons. The Labute approximate surface area is 108 Å². The second-order valence-electron chi connectivity index (χ2n) is 4.88. The predicted molar refractivity (Wildman–Crippen MR) is 71.2 cm³/mol. The average molecular weight is 248 g/mol. The Morgan fingerprint density at radius 3 is 2.67 bits per heavy atom. The maximum Gasteiger partial charge on any atom is 0.335 e. The van der Waals surface area contributed by atoms with Gasteiger partial charge in [0.1, 0.15) is 5.82 Å². The number of anilines is 1. The normalized spacial score (nSPS) is 15.9. The third kappa shape index (κ3) is 2.63. The lowest BCUT2D eigenvalue weighted by Gasteiger charge is -2.29. The second kappa shape index (κ2) is 5.38. The van der Waals surface area contributed by atoms with E-state index in [1.54, 1.807) is 12.1 Å². The highest BCUT2D eigenvalue weighted by atomic mass is 16.4. The van der Waals surface area contributed by atoms with Crippen molar-refractivity contribution in [2.24, 2.45) is 0 Å². The third-order valence-electron chi connectivity index (χ3n) is 3.59. The van der Waals surface area contributed by atoms with Crippen molar-refractivity contribution in [3.05, 3.63) is 23.4 Å². The first-order chi connectivity index (χ1) is 8.61. The molecule has 0 aliphatic heterocycles. The van der Waals surface area contributed by atoms with E-state index >= 15 is 0 Å². The van der Waals surface area contributed by atoms with Crippen LogP contribution < -0.4 is 4.90 Å². The van der Waals surface area contributed by atoms with Gasteiger partial charge in [0.2, 0.25) is 0 Å². The van der Waals surface area contributed by atoms with E-state index in [2.05, 4.69) is 16.8 Å². The van der Waals surface area contributed by atoms with E-state index in [4.69, 9.17) is 5.11 Å². The van der Waals surface area contributed by atoms with E-state index < -0.39 is 5.97 Å². The van der Waals surface area contributed by atoms with E-state index in [0.29, 0.717) is 11.6 Å². The fourth-order valence-electron chi connectivity index (χ4n) is 2.74. The van der Waals surface area contributed by atoms with Crippen LogP contribution in [0.1, 0.15) is 48.7 Å². The summed E-state index contributed by atoms with van der Waals surface area (Å²) in [5, 5.41) is 9.11. The Kier molecular flexibility index (Phi) is 3.84. The maximum absolute atomic E-state index is 11.1. The van der Waals surface area contributed by atoms with Crippen molar-refractivity contribution in [1.82, 2.24) is 4.98 Å². The van der Waals surface area contributed by atoms with Crippen molar-refractivity contribution in [2.75, 3.05) is 11.4 Å². The van der Waals surface area contributed by atoms with Crippen LogP contribution in [-0.4, -0.2) is 28.6 Å². The molecular formula is C14H20N2O2. The molecule has 0 aromatic carbocycles. The number of pyridine rings is 1. The van der Waals surface area contributed by atoms with Gasteiger partial charge < -0.3 is 10.0 Å². The minimum atomic E-state index is -0.885. The number of hydrogen-bond donors (Lipinski definition) is 1. The van der Waals surface area contributed by atoms with Gasteiger partial charge in [-0.3, -0.25) is 0 Å². The first-order valence-corrected chi connectivity index (χ1v) is 6.60. The molecule has 0 amide bonds. The lowest BCUT2D eigenvalue weighted by Crippen LogP contribution is -2.34. The number of nitrogens with zero attached hydrogens (tertiary/aromatic N) is 2. The number of aryl methyl sites for hydroxylation is 1. The topological polar surface area (TPSA) is 53.4 Å². The first kappa shape index (κ1) is 12.9. The van der Waals surface area contributed by atoms with Crippen molar-refractivity contribution in [3.63, 3.8) is 0 Å². The van der Waals surface area contributed by atoms with Crippen LogP contribution in [0.4, 0.5) is 5.82 Å². The van der Waals surface area contributed by atoms with E-state index in [-0.39, 0.29) is 0 Å². The molecular weight excluding hydrogens is 228 g/mol. The summed E-state index contributed by atoms with van der Waals surface area (Å²) < 4.78 is 0. The molecule has 0 radical (unpaired) electrons. The van der Waals surface area contributed by atoms with Gasteiger partial charge in [0.15, 0.2) is 0 Å². The molecule has 0 spiro atoms. The molecule has 1 N–H and O–H groups in total. The van der Waals surface area contributed by atoms with Crippen LogP contribution in [0.15, 0.2) is 12.1 Å². The Bertz CT molecular complexity index is 439. The molecule has 1 heterocycles. The Morgan fingerprint density at radius 2 is 2.11 bits per heavy atom. The average Bonchev–Trinajstić information content (AvgIpc) is 2.83. The largest absolute Gasteiger partial charge is 0.478 e. The second-order valence-corrected chi connectivity index (χ2v) is 4.88. The summed E-state index contributed by atoms with van der Waals surface area (Å²) in [7, 11) is 0. The van der Waals surface area contributed by atoms with Gasteiger partial charge in [-0.1, -0.05) is 12.8 Å². The van der Waals surface area contributed by atoms with Crippen LogP contribution in [0, 0.1) is 6.92 Å². The van der Waals surface area contributed by atoms with Crippen LogP contribution in [0.5, 0.6) is 0 Å². The molecule has 1 aromatic rings. The number of rotatable bonds is 4. The number of hydrogen-bond acceptors (Lipinski definition) is 3. The van der Waals surface area contributed by atoms with Crippen LogP contribution >= 0.6 is 0 Å². The fourth-order valence-corrected chi connectivity index (χ4v) is 2.74. The first-order valence-electron chi connectivity index (χ1n) is 6.60. The number of carboxylic acid groups (broad SMARTS) is 1. The van der Waals surface area contributed by atoms with Crippen molar-refractivity contribution < 1.29 is 9.90 Å². The highest BCUT2D eigenvalue weighted by Crippen LogP contribution is 2.27. The van der Waals surface area contributed by atoms with Crippen molar-refractivity contribution in [2.45, 2.75) is 45.6 Å². The van der Waals surface area contributed by atoms with E-state index in [1.807, 2.05) is 6.92 Å². The maximum atomic E-state index is 11.1. The smallest absolute Gasteiger partial charge is 0.335 e. The summed E-state index contributed by atoms with van der Waals surface area (Å²) in [6, 6.07) is 3.83. The summed E-state index contributed by atoms with van der Waals surface area (Å²) in [6.45, 7) is 4.82. The summed E-state index contributed by atoms with van der Waals surface area (Å²) in [5.41, 5.74) is 1.09. The summed E-state index contributed by atoms with van der Waals surface area (Å²) in [6.07, 6.45) is 4.90. The summed E-state index contributed by atoms with van der Waals surface area (Å²) in [5.74, 6) is -0.0778. The Morgan fingerprint density at radius 1 is 1.44 bits per heavy atom. The molecule has 1 aliphatic rings. The summed E-state index contributed by atoms with van der Waals surface area (Å²) in [4.78, 5) is 17.8. The molecule has 1 fully saturated rings. The molecule has 18 heavy (non-hydrogen) atoms. The van der Waals surface area contributed by atoms with Crippen molar-refractivity contribution in [1.29, 1.82) is 0 Å². The zero-order chi connectivity index (χ0) is 13.1. The number of aromatic carboxylic acids is 1. The van der Waals surface area contributed by atoms with Gasteiger partial charge >= 0.3 is 5.97 Å². The zero-order valence-corrected chi connectivity index (χ0v) is 11.0. The van der Waals surface area contributed by atoms with E-state index in [0.717, 1.165) is 18.1 Å². The van der Waals surface area contributed by atoms with Crippen LogP contribution in [-0.2, 0) is 0 Å². The van der Waals surface area contributed by atoms with Gasteiger partial charge in [-0.2, -0.15) is 0 Å². The highest BCUT2D eigenvalue weighted by Gasteiger charge is 2.23. The molecule has 0 bridgehead atoms. The predicted octanol–water partition coefficient (Wildman–Crippen LogP) is 2.86. The minimum absolute atomic E-state index is 0.328. The molecule has 1 aliphatic carbocycles. The molecule has 4 heteroatoms. The lowest BCUT2D eigenvalue weighted by molar-refractivity contribution is 0.0696. The van der Waals surface area contributed by atoms with Gasteiger partial charge in [0.05, 0.1) is 5.56 Å². The van der Waals surface area contributed by atoms with Gasteiger partial charge in [-0.25, -0.2) is 9.78 Å². The van der Waals surface area contributed by atoms with Crippen molar-refractivity contribution in [3.8, 4) is 0 Å². The van der Waals surface area contributed by atoms with Gasteiger partial charge in [-0.05, 0) is 38.8 Å². The van der Waals surface area contributed by atoms with Crippen LogP contribution in [0.2, 0.25) is 0 Å². The summed E-state index contributed by atoms with van der Waals surface area (Å²) >= 11 is 0. The molecule has 4 nitrogen and oxygen atoms in total. The van der Waals surface area contributed by atoms with Gasteiger partial charge in [0, 0.05) is 18.3 Å². The molecule has 0 unspecified atom stereocenters. The van der Waals surface area contributed by atoms with Gasteiger partial charge in [-0.15, -0.1) is 0 Å². The SMILES string of the molecule is CCN(c1cc(C(=O)O)cc(C)n1)C1CCCC1. The van der Waals surface area contributed by atoms with Crippen molar-refractivity contribution >= 4 is 11.8 Å². The number of carbonyl (C=O) groups is 1. The van der Waals surface area contributed by atoms with E-state index in [9.17, 15) is 4.79 Å². The Balaban J connectivity index is 2.32. The van der Waals surface area contributed by atoms with Gasteiger partial charge in [0.25, 0.3) is 0 Å². The number of carboxylic acids is 1. The highest BCUT2D eigenvalue weighted by molar-refractivity contribution is 5.88.